The summed E-state index contributed by atoms with van der Waals surface area (Å²) >= 11 is 0. The van der Waals surface area contributed by atoms with Gasteiger partial charge in [0.25, 0.3) is 0 Å². The fourth-order valence-corrected chi connectivity index (χ4v) is 2.34. The van der Waals surface area contributed by atoms with Gasteiger partial charge in [0.05, 0.1) is 6.26 Å². The second-order valence-corrected chi connectivity index (χ2v) is 7.02. The maximum Gasteiger partial charge on any atom is 0.408 e. The molecule has 1 unspecified atom stereocenters. The maximum absolute atomic E-state index is 12.7. The molecule has 0 fully saturated rings. The topological polar surface area (TPSA) is 80.6 Å². The minimum atomic E-state index is -0.818. The van der Waals surface area contributed by atoms with E-state index in [1.165, 1.54) is 11.8 Å². The first-order chi connectivity index (χ1) is 12.3. The van der Waals surface area contributed by atoms with Crippen molar-refractivity contribution in [3.05, 3.63) is 54.0 Å². The van der Waals surface area contributed by atoms with Gasteiger partial charge in [0.1, 0.15) is 17.4 Å². The highest BCUT2D eigenvalue weighted by Gasteiger charge is 2.25. The first kappa shape index (κ1) is 19.6. The molecule has 26 heavy (non-hydrogen) atoms. The van der Waals surface area contributed by atoms with Gasteiger partial charge < -0.3 is 19.8 Å². The number of alkyl carbamates (subject to hydrolysis) is 1. The predicted octanol–water partition coefficient (Wildman–Crippen LogP) is 3.92. The summed E-state index contributed by atoms with van der Waals surface area (Å²) in [5.74, 6) is 0.263. The van der Waals surface area contributed by atoms with Crippen molar-refractivity contribution in [3.8, 4) is 0 Å². The Morgan fingerprint density at radius 2 is 1.85 bits per heavy atom. The molecule has 1 aromatic carbocycles. The minimum Gasteiger partial charge on any atom is -0.469 e. The molecule has 1 aromatic heterocycles. The Balaban J connectivity index is 2.07. The van der Waals surface area contributed by atoms with Crippen LogP contribution in [0.4, 0.5) is 10.5 Å². The van der Waals surface area contributed by atoms with Crippen LogP contribution in [0.25, 0.3) is 0 Å². The number of hydrogen-bond acceptors (Lipinski definition) is 4. The number of carbonyl (C=O) groups excluding carboxylic acids is 2. The van der Waals surface area contributed by atoms with Crippen molar-refractivity contribution in [2.75, 3.05) is 5.32 Å². The van der Waals surface area contributed by atoms with E-state index in [-0.39, 0.29) is 12.3 Å². The lowest BCUT2D eigenvalue weighted by atomic mass is 10.1. The van der Waals surface area contributed by atoms with E-state index in [0.29, 0.717) is 11.4 Å². The number of benzene rings is 1. The first-order valence-electron chi connectivity index (χ1n) is 8.68. The standard InChI is InChI=1S/C20H26N2O4/c1-5-14-8-10-15(11-9-14)21-18(23)17(13-16-7-6-12-25-16)22-19(24)26-20(2,3)4/h6-12,17H,5,13H2,1-4H3,(H,21,23)(H,22,24). The Hall–Kier alpha value is -2.76. The number of carbonyl (C=O) groups is 2. The number of ether oxygens (including phenoxy) is 1. The molecule has 0 radical (unpaired) electrons. The molecule has 6 heteroatoms. The van der Waals surface area contributed by atoms with Gasteiger partial charge in [0.15, 0.2) is 0 Å². The zero-order valence-electron chi connectivity index (χ0n) is 15.7. The number of amides is 2. The largest absolute Gasteiger partial charge is 0.469 e. The van der Waals surface area contributed by atoms with Crippen molar-refractivity contribution < 1.29 is 18.7 Å². The SMILES string of the molecule is CCc1ccc(NC(=O)C(Cc2ccco2)NC(=O)OC(C)(C)C)cc1. The highest BCUT2D eigenvalue weighted by atomic mass is 16.6. The lowest BCUT2D eigenvalue weighted by Crippen LogP contribution is -2.47. The van der Waals surface area contributed by atoms with Gasteiger partial charge in [-0.15, -0.1) is 0 Å². The summed E-state index contributed by atoms with van der Waals surface area (Å²) in [5.41, 5.74) is 1.20. The molecular weight excluding hydrogens is 332 g/mol. The highest BCUT2D eigenvalue weighted by Crippen LogP contribution is 2.13. The molecule has 0 saturated carbocycles. The van der Waals surface area contributed by atoms with Crippen LogP contribution in [0.3, 0.4) is 0 Å². The minimum absolute atomic E-state index is 0.227. The number of aryl methyl sites for hydroxylation is 1. The van der Waals surface area contributed by atoms with Gasteiger partial charge in [0.2, 0.25) is 5.91 Å². The molecular formula is C20H26N2O4. The molecule has 1 atom stereocenters. The molecule has 2 rings (SSSR count). The van der Waals surface area contributed by atoms with E-state index in [1.807, 2.05) is 24.3 Å². The third-order valence-electron chi connectivity index (χ3n) is 3.62. The van der Waals surface area contributed by atoms with Crippen LogP contribution < -0.4 is 10.6 Å². The molecule has 6 nitrogen and oxygen atoms in total. The maximum atomic E-state index is 12.7. The van der Waals surface area contributed by atoms with E-state index < -0.39 is 17.7 Å². The summed E-state index contributed by atoms with van der Waals surface area (Å²) in [7, 11) is 0. The predicted molar refractivity (Wildman–Crippen MR) is 100 cm³/mol. The van der Waals surface area contributed by atoms with E-state index in [1.54, 1.807) is 32.9 Å². The third kappa shape index (κ3) is 6.27. The monoisotopic (exact) mass is 358 g/mol. The van der Waals surface area contributed by atoms with Crippen LogP contribution >= 0.6 is 0 Å². The van der Waals surface area contributed by atoms with Gasteiger partial charge in [0, 0.05) is 12.1 Å². The van der Waals surface area contributed by atoms with E-state index in [2.05, 4.69) is 17.6 Å². The van der Waals surface area contributed by atoms with E-state index in [4.69, 9.17) is 9.15 Å². The van der Waals surface area contributed by atoms with Gasteiger partial charge in [-0.05, 0) is 57.0 Å². The zero-order chi connectivity index (χ0) is 19.2. The Kier molecular flexibility index (Phi) is 6.44. The van der Waals surface area contributed by atoms with Crippen LogP contribution in [0.1, 0.15) is 39.0 Å². The molecule has 140 valence electrons. The number of nitrogens with one attached hydrogen (secondary N) is 2. The molecule has 0 bridgehead atoms. The normalized spacial score (nSPS) is 12.3. The molecule has 0 aliphatic carbocycles. The van der Waals surface area contributed by atoms with Crippen molar-refractivity contribution in [2.24, 2.45) is 0 Å². The van der Waals surface area contributed by atoms with Crippen molar-refractivity contribution in [1.29, 1.82) is 0 Å². The first-order valence-corrected chi connectivity index (χ1v) is 8.68. The zero-order valence-corrected chi connectivity index (χ0v) is 15.7. The molecule has 1 heterocycles. The van der Waals surface area contributed by atoms with Crippen LogP contribution in [-0.4, -0.2) is 23.6 Å². The molecule has 0 spiro atoms. The Labute approximate surface area is 153 Å². The summed E-state index contributed by atoms with van der Waals surface area (Å²) in [5, 5.41) is 5.44. The van der Waals surface area contributed by atoms with E-state index in [9.17, 15) is 9.59 Å². The van der Waals surface area contributed by atoms with Crippen LogP contribution in [0.2, 0.25) is 0 Å². The van der Waals surface area contributed by atoms with Gasteiger partial charge in [-0.3, -0.25) is 4.79 Å². The lowest BCUT2D eigenvalue weighted by Gasteiger charge is -2.23. The number of hydrogen-bond donors (Lipinski definition) is 2. The van der Waals surface area contributed by atoms with Gasteiger partial charge in [-0.2, -0.15) is 0 Å². The van der Waals surface area contributed by atoms with Gasteiger partial charge >= 0.3 is 6.09 Å². The van der Waals surface area contributed by atoms with Crippen LogP contribution in [0.5, 0.6) is 0 Å². The summed E-state index contributed by atoms with van der Waals surface area (Å²) < 4.78 is 10.6. The average molecular weight is 358 g/mol. The van der Waals surface area contributed by atoms with Crippen LogP contribution in [0, 0.1) is 0 Å². The Morgan fingerprint density at radius 1 is 1.15 bits per heavy atom. The lowest BCUT2D eigenvalue weighted by molar-refractivity contribution is -0.118. The van der Waals surface area contributed by atoms with Crippen molar-refractivity contribution in [1.82, 2.24) is 5.32 Å². The second kappa shape index (κ2) is 8.56. The smallest absolute Gasteiger partial charge is 0.408 e. The van der Waals surface area contributed by atoms with Crippen LogP contribution in [-0.2, 0) is 22.4 Å². The van der Waals surface area contributed by atoms with Crippen molar-refractivity contribution in [3.63, 3.8) is 0 Å². The fraction of sp³-hybridized carbons (Fsp3) is 0.400. The van der Waals surface area contributed by atoms with E-state index >= 15 is 0 Å². The summed E-state index contributed by atoms with van der Waals surface area (Å²) in [6, 6.07) is 10.3. The third-order valence-corrected chi connectivity index (χ3v) is 3.62. The Bertz CT molecular complexity index is 715. The number of anilines is 1. The molecule has 0 aliphatic heterocycles. The molecule has 2 amide bonds. The Morgan fingerprint density at radius 3 is 2.38 bits per heavy atom. The fourth-order valence-electron chi connectivity index (χ4n) is 2.34. The summed E-state index contributed by atoms with van der Waals surface area (Å²) in [6.45, 7) is 7.37. The van der Waals surface area contributed by atoms with Crippen LogP contribution in [0.15, 0.2) is 47.1 Å². The quantitative estimate of drug-likeness (QED) is 0.820. The highest BCUT2D eigenvalue weighted by molar-refractivity contribution is 5.96. The molecule has 2 N–H and O–H groups in total. The number of rotatable bonds is 6. The van der Waals surface area contributed by atoms with Gasteiger partial charge in [-0.1, -0.05) is 19.1 Å². The van der Waals surface area contributed by atoms with Gasteiger partial charge in [-0.25, -0.2) is 4.79 Å². The van der Waals surface area contributed by atoms with Crippen molar-refractivity contribution in [2.45, 2.75) is 52.2 Å². The molecule has 0 saturated heterocycles. The summed E-state index contributed by atoms with van der Waals surface area (Å²) in [6.07, 6.45) is 2.03. The van der Waals surface area contributed by atoms with E-state index in [0.717, 1.165) is 6.42 Å². The second-order valence-electron chi connectivity index (χ2n) is 7.02. The average Bonchev–Trinajstić information content (AvgIpc) is 3.06. The molecule has 2 aromatic rings. The number of furan rings is 1. The van der Waals surface area contributed by atoms with Crippen molar-refractivity contribution >= 4 is 17.7 Å². The summed E-state index contributed by atoms with van der Waals surface area (Å²) in [4.78, 5) is 24.8. The molecule has 0 aliphatic rings.